The number of hydrogen-bond donors (Lipinski definition) is 1. The Hall–Kier alpha value is -2.44. The molecule has 1 heterocycles. The predicted octanol–water partition coefficient (Wildman–Crippen LogP) is 3.17. The van der Waals surface area contributed by atoms with E-state index in [0.717, 1.165) is 18.6 Å². The van der Waals surface area contributed by atoms with Crippen molar-refractivity contribution in [1.29, 1.82) is 0 Å². The average molecular weight is 349 g/mol. The van der Waals surface area contributed by atoms with Crippen LogP contribution in [0.1, 0.15) is 26.7 Å². The van der Waals surface area contributed by atoms with Crippen LogP contribution < -0.4 is 10.1 Å². The number of methoxy groups -OCH3 is 1. The number of benzene rings is 1. The Bertz CT molecular complexity index is 593. The molecule has 0 spiro atoms. The third kappa shape index (κ3) is 5.55. The summed E-state index contributed by atoms with van der Waals surface area (Å²) < 4.78 is 10.5. The van der Waals surface area contributed by atoms with E-state index in [9.17, 15) is 9.59 Å². The summed E-state index contributed by atoms with van der Waals surface area (Å²) in [6.07, 6.45) is 1.42. The van der Waals surface area contributed by atoms with Gasteiger partial charge in [-0.25, -0.2) is 9.59 Å². The number of nitrogens with one attached hydrogen (secondary N) is 1. The fourth-order valence-electron chi connectivity index (χ4n) is 2.60. The molecule has 1 aliphatic heterocycles. The van der Waals surface area contributed by atoms with Gasteiger partial charge in [0, 0.05) is 37.9 Å². The molecule has 1 N–H and O–H groups in total. The number of anilines is 1. The zero-order valence-electron chi connectivity index (χ0n) is 15.2. The van der Waals surface area contributed by atoms with Gasteiger partial charge < -0.3 is 24.6 Å². The number of ether oxygens (including phenoxy) is 2. The average Bonchev–Trinajstić information content (AvgIpc) is 2.87. The van der Waals surface area contributed by atoms with Crippen molar-refractivity contribution in [1.82, 2.24) is 9.80 Å². The van der Waals surface area contributed by atoms with Crippen LogP contribution in [0.5, 0.6) is 5.75 Å². The first-order valence-electron chi connectivity index (χ1n) is 8.69. The van der Waals surface area contributed by atoms with Crippen LogP contribution in [0.3, 0.4) is 0 Å². The number of carbonyl (C=O) groups excluding carboxylic acids is 2. The highest BCUT2D eigenvalue weighted by atomic mass is 16.5. The van der Waals surface area contributed by atoms with Crippen molar-refractivity contribution in [2.75, 3.05) is 38.6 Å². The van der Waals surface area contributed by atoms with Gasteiger partial charge in [0.1, 0.15) is 5.75 Å². The predicted molar refractivity (Wildman–Crippen MR) is 96.0 cm³/mol. The number of nitrogens with zero attached hydrogens (tertiary/aromatic N) is 2. The Kier molecular flexibility index (Phi) is 6.91. The normalized spacial score (nSPS) is 16.0. The molecule has 2 rings (SSSR count). The number of hydrogen-bond acceptors (Lipinski definition) is 4. The molecule has 7 heteroatoms. The minimum Gasteiger partial charge on any atom is -0.491 e. The van der Waals surface area contributed by atoms with Crippen molar-refractivity contribution in [3.8, 4) is 5.75 Å². The molecule has 0 bridgehead atoms. The molecule has 0 aliphatic carbocycles. The van der Waals surface area contributed by atoms with E-state index in [4.69, 9.17) is 9.47 Å². The number of urea groups is 1. The maximum Gasteiger partial charge on any atom is 0.409 e. The van der Waals surface area contributed by atoms with E-state index in [1.54, 1.807) is 9.80 Å². The molecule has 7 nitrogen and oxygen atoms in total. The molecule has 1 aliphatic rings. The lowest BCUT2D eigenvalue weighted by atomic mass is 10.2. The maximum atomic E-state index is 12.5. The second-order valence-corrected chi connectivity index (χ2v) is 6.09. The maximum absolute atomic E-state index is 12.5. The van der Waals surface area contributed by atoms with Crippen LogP contribution in [-0.4, -0.2) is 61.3 Å². The number of carbonyl (C=O) groups is 2. The second-order valence-electron chi connectivity index (χ2n) is 6.09. The lowest BCUT2D eigenvalue weighted by Crippen LogP contribution is -2.39. The highest BCUT2D eigenvalue weighted by molar-refractivity contribution is 5.89. The second kappa shape index (κ2) is 9.15. The van der Waals surface area contributed by atoms with Crippen LogP contribution in [-0.2, 0) is 4.74 Å². The summed E-state index contributed by atoms with van der Waals surface area (Å²) in [6, 6.07) is 7.21. The van der Waals surface area contributed by atoms with Crippen LogP contribution in [0.25, 0.3) is 0 Å². The van der Waals surface area contributed by atoms with Crippen LogP contribution in [0.2, 0.25) is 0 Å². The molecule has 0 saturated carbocycles. The lowest BCUT2D eigenvalue weighted by molar-refractivity contribution is 0.125. The molecule has 1 saturated heterocycles. The monoisotopic (exact) mass is 349 g/mol. The van der Waals surface area contributed by atoms with Crippen molar-refractivity contribution >= 4 is 17.8 Å². The molecular formula is C18H27N3O4. The smallest absolute Gasteiger partial charge is 0.409 e. The Morgan fingerprint density at radius 2 is 1.92 bits per heavy atom. The first-order valence-corrected chi connectivity index (χ1v) is 8.69. The highest BCUT2D eigenvalue weighted by Crippen LogP contribution is 2.20. The van der Waals surface area contributed by atoms with Crippen molar-refractivity contribution in [3.05, 3.63) is 24.3 Å². The Labute approximate surface area is 148 Å². The highest BCUT2D eigenvalue weighted by Gasteiger charge is 2.22. The number of amides is 3. The van der Waals surface area contributed by atoms with Gasteiger partial charge in [-0.15, -0.1) is 0 Å². The molecule has 1 fully saturated rings. The van der Waals surface area contributed by atoms with Gasteiger partial charge in [-0.1, -0.05) is 13.0 Å². The van der Waals surface area contributed by atoms with E-state index in [2.05, 4.69) is 12.2 Å². The van der Waals surface area contributed by atoms with Gasteiger partial charge in [0.2, 0.25) is 0 Å². The van der Waals surface area contributed by atoms with Gasteiger partial charge in [0.25, 0.3) is 0 Å². The molecule has 1 aromatic carbocycles. The summed E-state index contributed by atoms with van der Waals surface area (Å²) >= 11 is 0. The minimum atomic E-state index is -0.350. The van der Waals surface area contributed by atoms with Crippen molar-refractivity contribution < 1.29 is 19.1 Å². The zero-order chi connectivity index (χ0) is 18.2. The molecule has 0 radical (unpaired) electrons. The van der Waals surface area contributed by atoms with Gasteiger partial charge in [-0.05, 0) is 31.9 Å². The van der Waals surface area contributed by atoms with Crippen molar-refractivity contribution in [3.63, 3.8) is 0 Å². The Morgan fingerprint density at radius 3 is 2.64 bits per heavy atom. The summed E-state index contributed by atoms with van der Waals surface area (Å²) in [4.78, 5) is 27.4. The Balaban J connectivity index is 1.93. The molecule has 0 unspecified atom stereocenters. The summed E-state index contributed by atoms with van der Waals surface area (Å²) in [7, 11) is 1.37. The van der Waals surface area contributed by atoms with Crippen LogP contribution in [0.15, 0.2) is 24.3 Å². The fourth-order valence-corrected chi connectivity index (χ4v) is 2.60. The summed E-state index contributed by atoms with van der Waals surface area (Å²) in [5, 5.41) is 2.90. The number of rotatable bonds is 4. The topological polar surface area (TPSA) is 71.1 Å². The summed E-state index contributed by atoms with van der Waals surface area (Å²) in [5.41, 5.74) is 0.694. The van der Waals surface area contributed by atoms with Gasteiger partial charge in [-0.3, -0.25) is 0 Å². The fraction of sp³-hybridized carbons (Fsp3) is 0.556. The molecular weight excluding hydrogens is 322 g/mol. The van der Waals surface area contributed by atoms with Gasteiger partial charge in [0.15, 0.2) is 0 Å². The third-order valence-corrected chi connectivity index (χ3v) is 4.21. The van der Waals surface area contributed by atoms with Crippen molar-refractivity contribution in [2.45, 2.75) is 32.8 Å². The summed E-state index contributed by atoms with van der Waals surface area (Å²) in [6.45, 7) is 6.21. The third-order valence-electron chi connectivity index (χ3n) is 4.21. The van der Waals surface area contributed by atoms with E-state index >= 15 is 0 Å². The van der Waals surface area contributed by atoms with Gasteiger partial charge in [0.05, 0.1) is 13.2 Å². The van der Waals surface area contributed by atoms with E-state index in [0.29, 0.717) is 31.9 Å². The van der Waals surface area contributed by atoms with Crippen molar-refractivity contribution in [2.24, 2.45) is 0 Å². The van der Waals surface area contributed by atoms with Gasteiger partial charge >= 0.3 is 12.1 Å². The molecule has 1 atom stereocenters. The molecule has 3 amide bonds. The zero-order valence-corrected chi connectivity index (χ0v) is 15.2. The largest absolute Gasteiger partial charge is 0.491 e. The van der Waals surface area contributed by atoms with Crippen LogP contribution >= 0.6 is 0 Å². The Morgan fingerprint density at radius 1 is 1.20 bits per heavy atom. The minimum absolute atomic E-state index is 0.126. The van der Waals surface area contributed by atoms with Crippen LogP contribution in [0, 0.1) is 0 Å². The molecule has 138 valence electrons. The van der Waals surface area contributed by atoms with E-state index in [1.807, 2.05) is 31.2 Å². The van der Waals surface area contributed by atoms with Crippen LogP contribution in [0.4, 0.5) is 15.3 Å². The summed E-state index contributed by atoms with van der Waals surface area (Å²) in [5.74, 6) is 0.736. The molecule has 1 aromatic rings. The standard InChI is InChI=1S/C18H27N3O4/c1-4-14(2)25-16-8-5-7-15(13-16)19-17(22)20-9-6-10-21(12-11-20)18(23)24-3/h5,7-8,13-14H,4,6,9-12H2,1-3H3,(H,19,22)/t14-/m1/s1. The first kappa shape index (κ1) is 18.9. The molecule has 0 aromatic heterocycles. The van der Waals surface area contributed by atoms with E-state index in [-0.39, 0.29) is 18.2 Å². The quantitative estimate of drug-likeness (QED) is 0.906. The van der Waals surface area contributed by atoms with E-state index < -0.39 is 0 Å². The van der Waals surface area contributed by atoms with E-state index in [1.165, 1.54) is 7.11 Å². The van der Waals surface area contributed by atoms with Gasteiger partial charge in [-0.2, -0.15) is 0 Å². The SMILES string of the molecule is CC[C@@H](C)Oc1cccc(NC(=O)N2CCCN(C(=O)OC)CC2)c1. The molecule has 25 heavy (non-hydrogen) atoms. The lowest BCUT2D eigenvalue weighted by Gasteiger charge is -2.22. The first-order chi connectivity index (χ1) is 12.0.